The number of hydrogen-bond acceptors (Lipinski definition) is 5. The fourth-order valence-electron chi connectivity index (χ4n) is 3.24. The van der Waals surface area contributed by atoms with Crippen LogP contribution in [0.1, 0.15) is 32.3 Å². The zero-order valence-corrected chi connectivity index (χ0v) is 16.4. The quantitative estimate of drug-likeness (QED) is 0.528. The first-order valence-corrected chi connectivity index (χ1v) is 9.40. The maximum Gasteiger partial charge on any atom is 0.162 e. The number of nitrogens with zero attached hydrogens (tertiary/aromatic N) is 5. The lowest BCUT2D eigenvalue weighted by molar-refractivity contribution is 0.0140. The van der Waals surface area contributed by atoms with Crippen LogP contribution in [0.3, 0.4) is 0 Å². The highest BCUT2D eigenvalue weighted by Gasteiger charge is 2.15. The van der Waals surface area contributed by atoms with Crippen LogP contribution in [0.15, 0.2) is 49.1 Å². The maximum absolute atomic E-state index is 5.50. The zero-order valence-electron chi connectivity index (χ0n) is 16.4. The molecule has 0 fully saturated rings. The predicted molar refractivity (Wildman–Crippen MR) is 108 cm³/mol. The summed E-state index contributed by atoms with van der Waals surface area (Å²) in [4.78, 5) is 8.89. The van der Waals surface area contributed by atoms with Gasteiger partial charge >= 0.3 is 0 Å². The minimum Gasteiger partial charge on any atom is -0.379 e. The first-order valence-electron chi connectivity index (χ1n) is 9.40. The second-order valence-corrected chi connectivity index (χ2v) is 7.51. The highest BCUT2D eigenvalue weighted by atomic mass is 16.5. The van der Waals surface area contributed by atoms with Crippen molar-refractivity contribution in [3.63, 3.8) is 0 Å². The van der Waals surface area contributed by atoms with Crippen LogP contribution in [0, 0.1) is 0 Å². The van der Waals surface area contributed by atoms with E-state index in [1.165, 1.54) is 11.9 Å². The molecule has 144 valence electrons. The molecule has 0 saturated heterocycles. The molecule has 0 amide bonds. The van der Waals surface area contributed by atoms with E-state index in [4.69, 9.17) is 4.74 Å². The van der Waals surface area contributed by atoms with Crippen molar-refractivity contribution < 1.29 is 4.74 Å². The molecule has 7 heteroatoms. The lowest BCUT2D eigenvalue weighted by Crippen LogP contribution is -2.22. The number of methoxy groups -OCH3 is 1. The van der Waals surface area contributed by atoms with Gasteiger partial charge in [0.2, 0.25) is 0 Å². The summed E-state index contributed by atoms with van der Waals surface area (Å²) in [6.45, 7) is 4.23. The maximum atomic E-state index is 5.50. The highest BCUT2D eigenvalue weighted by molar-refractivity contribution is 5.77. The molecule has 7 nitrogen and oxygen atoms in total. The Hall–Kier alpha value is -3.06. The van der Waals surface area contributed by atoms with Crippen molar-refractivity contribution in [2.75, 3.05) is 7.11 Å². The fourth-order valence-corrected chi connectivity index (χ4v) is 3.24. The van der Waals surface area contributed by atoms with Crippen LogP contribution in [0.4, 0.5) is 0 Å². The van der Waals surface area contributed by atoms with Gasteiger partial charge in [0.15, 0.2) is 11.5 Å². The number of H-pyrrole nitrogens is 1. The molecule has 1 N–H and O–H groups in total. The molecule has 28 heavy (non-hydrogen) atoms. The zero-order chi connectivity index (χ0) is 19.6. The van der Waals surface area contributed by atoms with Gasteiger partial charge in [0.25, 0.3) is 0 Å². The van der Waals surface area contributed by atoms with Gasteiger partial charge in [-0.1, -0.05) is 12.1 Å². The average Bonchev–Trinajstić information content (AvgIpc) is 3.38. The van der Waals surface area contributed by atoms with Crippen LogP contribution < -0.4 is 0 Å². The highest BCUT2D eigenvalue weighted by Crippen LogP contribution is 2.23. The summed E-state index contributed by atoms with van der Waals surface area (Å²) < 4.78 is 7.35. The number of benzene rings is 1. The Morgan fingerprint density at radius 2 is 2.04 bits per heavy atom. The summed E-state index contributed by atoms with van der Waals surface area (Å²) in [5, 5.41) is 12.4. The molecule has 0 spiro atoms. The van der Waals surface area contributed by atoms with Crippen molar-refractivity contribution >= 4 is 11.0 Å². The molecule has 3 aromatic heterocycles. The van der Waals surface area contributed by atoms with Crippen molar-refractivity contribution in [3.05, 3.63) is 54.6 Å². The first-order chi connectivity index (χ1) is 13.6. The van der Waals surface area contributed by atoms with Crippen molar-refractivity contribution in [3.8, 4) is 17.1 Å². The topological polar surface area (TPSA) is 81.5 Å². The number of hydrogen-bond donors (Lipinski definition) is 1. The molecule has 0 aliphatic heterocycles. The lowest BCUT2D eigenvalue weighted by atomic mass is 9.99. The number of ether oxygens (including phenoxy) is 1. The molecule has 4 aromatic rings. The van der Waals surface area contributed by atoms with E-state index >= 15 is 0 Å². The van der Waals surface area contributed by atoms with Crippen LogP contribution >= 0.6 is 0 Å². The summed E-state index contributed by atoms with van der Waals surface area (Å²) >= 11 is 0. The van der Waals surface area contributed by atoms with Gasteiger partial charge in [-0.15, -0.1) is 0 Å². The Bertz CT molecular complexity index is 1070. The van der Waals surface area contributed by atoms with Crippen molar-refractivity contribution in [2.45, 2.75) is 38.7 Å². The smallest absolute Gasteiger partial charge is 0.162 e. The van der Waals surface area contributed by atoms with Gasteiger partial charge < -0.3 is 4.74 Å². The number of aromatic amines is 1. The minimum atomic E-state index is -0.0864. The SMILES string of the molecule is COC(C)(C)CCCc1cnc2c(cnn2-c2cccc(-c3ncn[nH]3)c2)c1. The Kier molecular flexibility index (Phi) is 4.92. The van der Waals surface area contributed by atoms with Crippen LogP contribution in [0.25, 0.3) is 28.1 Å². The number of rotatable bonds is 7. The first kappa shape index (κ1) is 18.3. The molecule has 0 unspecified atom stereocenters. The molecule has 0 aliphatic rings. The molecule has 0 radical (unpaired) electrons. The van der Waals surface area contributed by atoms with Crippen LogP contribution in [-0.2, 0) is 11.2 Å². The fraction of sp³-hybridized carbons (Fsp3) is 0.333. The van der Waals surface area contributed by atoms with Gasteiger partial charge in [-0.25, -0.2) is 14.6 Å². The van der Waals surface area contributed by atoms with Gasteiger partial charge in [-0.05, 0) is 56.9 Å². The van der Waals surface area contributed by atoms with E-state index in [0.717, 1.165) is 47.4 Å². The standard InChI is InChI=1S/C21H24N6O/c1-21(2,28-3)9-5-6-15-10-17-13-25-27(20(17)22-12-15)18-8-4-7-16(11-18)19-23-14-24-26-19/h4,7-8,10-14H,5-6,9H2,1-3H3,(H,23,24,26). The van der Waals surface area contributed by atoms with E-state index in [0.29, 0.717) is 0 Å². The van der Waals surface area contributed by atoms with E-state index < -0.39 is 0 Å². The largest absolute Gasteiger partial charge is 0.379 e. The Balaban J connectivity index is 1.56. The van der Waals surface area contributed by atoms with E-state index in [2.05, 4.69) is 45.2 Å². The third-order valence-corrected chi connectivity index (χ3v) is 5.04. The third-order valence-electron chi connectivity index (χ3n) is 5.04. The number of nitrogens with one attached hydrogen (secondary N) is 1. The summed E-state index contributed by atoms with van der Waals surface area (Å²) in [6, 6.07) is 10.2. The van der Waals surface area contributed by atoms with Crippen molar-refractivity contribution in [2.24, 2.45) is 0 Å². The Morgan fingerprint density at radius 3 is 2.82 bits per heavy atom. The number of pyridine rings is 1. The normalized spacial score (nSPS) is 12.0. The molecule has 0 bridgehead atoms. The average molecular weight is 376 g/mol. The van der Waals surface area contributed by atoms with E-state index in [1.807, 2.05) is 41.3 Å². The molecule has 3 heterocycles. The van der Waals surface area contributed by atoms with Gasteiger partial charge in [-0.2, -0.15) is 10.2 Å². The van der Waals surface area contributed by atoms with Crippen LogP contribution in [0.5, 0.6) is 0 Å². The van der Waals surface area contributed by atoms with Gasteiger partial charge in [0.1, 0.15) is 6.33 Å². The number of aryl methyl sites for hydroxylation is 1. The Labute approximate surface area is 163 Å². The van der Waals surface area contributed by atoms with Gasteiger partial charge in [-0.3, -0.25) is 5.10 Å². The Morgan fingerprint density at radius 1 is 1.14 bits per heavy atom. The van der Waals surface area contributed by atoms with Crippen LogP contribution in [0.2, 0.25) is 0 Å². The molecule has 4 rings (SSSR count). The monoisotopic (exact) mass is 376 g/mol. The minimum absolute atomic E-state index is 0.0864. The summed E-state index contributed by atoms with van der Waals surface area (Å²) in [5.74, 6) is 0.729. The van der Waals surface area contributed by atoms with E-state index in [9.17, 15) is 0 Å². The van der Waals surface area contributed by atoms with E-state index in [1.54, 1.807) is 7.11 Å². The van der Waals surface area contributed by atoms with Crippen molar-refractivity contribution in [1.82, 2.24) is 29.9 Å². The summed E-state index contributed by atoms with van der Waals surface area (Å²) in [5.41, 5.74) is 3.86. The number of fused-ring (bicyclic) bond motifs is 1. The van der Waals surface area contributed by atoms with Crippen LogP contribution in [-0.4, -0.2) is 42.7 Å². The molecular formula is C21H24N6O. The summed E-state index contributed by atoms with van der Waals surface area (Å²) in [7, 11) is 1.76. The number of aromatic nitrogens is 6. The summed E-state index contributed by atoms with van der Waals surface area (Å²) in [6.07, 6.45) is 8.35. The van der Waals surface area contributed by atoms with E-state index in [-0.39, 0.29) is 5.60 Å². The van der Waals surface area contributed by atoms with Gasteiger partial charge in [0, 0.05) is 24.3 Å². The lowest BCUT2D eigenvalue weighted by Gasteiger charge is -2.22. The second-order valence-electron chi connectivity index (χ2n) is 7.51. The predicted octanol–water partition coefficient (Wildman–Crippen LogP) is 3.95. The third kappa shape index (κ3) is 3.80. The van der Waals surface area contributed by atoms with Crippen molar-refractivity contribution in [1.29, 1.82) is 0 Å². The molecule has 0 saturated carbocycles. The second kappa shape index (κ2) is 7.52. The molecule has 1 aromatic carbocycles. The molecular weight excluding hydrogens is 352 g/mol. The van der Waals surface area contributed by atoms with Gasteiger partial charge in [0.05, 0.1) is 17.5 Å². The molecule has 0 atom stereocenters. The molecule has 0 aliphatic carbocycles.